The number of ether oxygens (including phenoxy) is 1. The SMILES string of the molecule is COC(=O)c1nn(-c2ccc(F)cc2)c(N)c1C(C)C. The van der Waals surface area contributed by atoms with Gasteiger partial charge in [0.05, 0.1) is 12.8 Å². The highest BCUT2D eigenvalue weighted by molar-refractivity contribution is 5.90. The molecule has 0 aliphatic carbocycles. The van der Waals surface area contributed by atoms with E-state index in [1.54, 1.807) is 12.1 Å². The summed E-state index contributed by atoms with van der Waals surface area (Å²) in [5.74, 6) is -0.525. The first kappa shape index (κ1) is 14.0. The number of halogens is 1. The number of nitrogens with zero attached hydrogens (tertiary/aromatic N) is 2. The fraction of sp³-hybridized carbons (Fsp3) is 0.286. The Bertz CT molecular complexity index is 633. The Morgan fingerprint density at radius 1 is 1.35 bits per heavy atom. The Kier molecular flexibility index (Phi) is 3.74. The van der Waals surface area contributed by atoms with E-state index in [1.807, 2.05) is 13.8 Å². The van der Waals surface area contributed by atoms with E-state index in [1.165, 1.54) is 23.9 Å². The topological polar surface area (TPSA) is 70.1 Å². The molecule has 0 atom stereocenters. The van der Waals surface area contributed by atoms with Gasteiger partial charge in [-0.15, -0.1) is 0 Å². The Morgan fingerprint density at radius 2 is 1.95 bits per heavy atom. The van der Waals surface area contributed by atoms with E-state index in [-0.39, 0.29) is 17.4 Å². The van der Waals surface area contributed by atoms with Crippen LogP contribution in [-0.2, 0) is 4.74 Å². The third-order valence-corrected chi connectivity index (χ3v) is 2.99. The molecule has 20 heavy (non-hydrogen) atoms. The second-order valence-corrected chi connectivity index (χ2v) is 4.68. The molecule has 106 valence electrons. The van der Waals surface area contributed by atoms with Crippen LogP contribution in [0.2, 0.25) is 0 Å². The quantitative estimate of drug-likeness (QED) is 0.875. The number of rotatable bonds is 3. The van der Waals surface area contributed by atoms with Gasteiger partial charge in [-0.25, -0.2) is 13.9 Å². The largest absolute Gasteiger partial charge is 0.464 e. The number of esters is 1. The van der Waals surface area contributed by atoms with Gasteiger partial charge in [-0.05, 0) is 30.2 Å². The number of benzene rings is 1. The van der Waals surface area contributed by atoms with Crippen LogP contribution in [0.25, 0.3) is 5.69 Å². The van der Waals surface area contributed by atoms with Crippen molar-refractivity contribution < 1.29 is 13.9 Å². The minimum atomic E-state index is -0.540. The maximum absolute atomic E-state index is 13.0. The van der Waals surface area contributed by atoms with E-state index in [4.69, 9.17) is 10.5 Å². The van der Waals surface area contributed by atoms with Crippen LogP contribution >= 0.6 is 0 Å². The molecule has 0 saturated carbocycles. The van der Waals surface area contributed by atoms with Crippen molar-refractivity contribution in [2.75, 3.05) is 12.8 Å². The van der Waals surface area contributed by atoms with Crippen molar-refractivity contribution in [2.45, 2.75) is 19.8 Å². The lowest BCUT2D eigenvalue weighted by Crippen LogP contribution is -2.07. The lowest BCUT2D eigenvalue weighted by molar-refractivity contribution is 0.0592. The van der Waals surface area contributed by atoms with Crippen LogP contribution in [0.5, 0.6) is 0 Å². The van der Waals surface area contributed by atoms with Crippen molar-refractivity contribution in [3.05, 3.63) is 41.3 Å². The number of carbonyl (C=O) groups excluding carboxylic acids is 1. The van der Waals surface area contributed by atoms with Gasteiger partial charge in [0.2, 0.25) is 0 Å². The highest BCUT2D eigenvalue weighted by Gasteiger charge is 2.24. The number of nitrogens with two attached hydrogens (primary N) is 1. The summed E-state index contributed by atoms with van der Waals surface area (Å²) in [7, 11) is 1.29. The van der Waals surface area contributed by atoms with Crippen molar-refractivity contribution in [1.29, 1.82) is 0 Å². The van der Waals surface area contributed by atoms with Crippen molar-refractivity contribution in [2.24, 2.45) is 0 Å². The van der Waals surface area contributed by atoms with Crippen molar-refractivity contribution in [1.82, 2.24) is 9.78 Å². The molecule has 2 aromatic rings. The van der Waals surface area contributed by atoms with E-state index in [2.05, 4.69) is 5.10 Å². The van der Waals surface area contributed by atoms with Gasteiger partial charge in [0, 0.05) is 5.56 Å². The van der Waals surface area contributed by atoms with E-state index >= 15 is 0 Å². The van der Waals surface area contributed by atoms with Crippen molar-refractivity contribution in [3.8, 4) is 5.69 Å². The maximum Gasteiger partial charge on any atom is 0.358 e. The molecule has 1 aromatic carbocycles. The summed E-state index contributed by atoms with van der Waals surface area (Å²) < 4.78 is 19.1. The number of hydrogen-bond acceptors (Lipinski definition) is 4. The molecule has 0 saturated heterocycles. The maximum atomic E-state index is 13.0. The molecular formula is C14H16FN3O2. The summed E-state index contributed by atoms with van der Waals surface area (Å²) in [4.78, 5) is 11.8. The monoisotopic (exact) mass is 277 g/mol. The van der Waals surface area contributed by atoms with Crippen LogP contribution in [0.15, 0.2) is 24.3 Å². The molecule has 0 aliphatic heterocycles. The molecule has 6 heteroatoms. The van der Waals surface area contributed by atoms with Gasteiger partial charge in [0.15, 0.2) is 5.69 Å². The van der Waals surface area contributed by atoms with Crippen LogP contribution in [0.3, 0.4) is 0 Å². The van der Waals surface area contributed by atoms with Crippen LogP contribution in [-0.4, -0.2) is 22.9 Å². The van der Waals surface area contributed by atoms with Gasteiger partial charge in [0.1, 0.15) is 11.6 Å². The zero-order valence-electron chi connectivity index (χ0n) is 11.6. The van der Waals surface area contributed by atoms with Crippen molar-refractivity contribution in [3.63, 3.8) is 0 Å². The Balaban J connectivity index is 2.60. The molecule has 1 aromatic heterocycles. The predicted molar refractivity (Wildman–Crippen MR) is 73.4 cm³/mol. The third-order valence-electron chi connectivity index (χ3n) is 2.99. The van der Waals surface area contributed by atoms with Crippen LogP contribution in [0.1, 0.15) is 35.8 Å². The molecule has 0 radical (unpaired) electrons. The molecule has 0 spiro atoms. The van der Waals surface area contributed by atoms with Gasteiger partial charge in [-0.1, -0.05) is 13.8 Å². The zero-order valence-corrected chi connectivity index (χ0v) is 11.6. The summed E-state index contributed by atoms with van der Waals surface area (Å²) in [5.41, 5.74) is 7.46. The smallest absolute Gasteiger partial charge is 0.358 e. The molecular weight excluding hydrogens is 261 g/mol. The van der Waals surface area contributed by atoms with Crippen molar-refractivity contribution >= 4 is 11.8 Å². The van der Waals surface area contributed by atoms with Crippen LogP contribution < -0.4 is 5.73 Å². The Labute approximate surface area is 116 Å². The highest BCUT2D eigenvalue weighted by atomic mass is 19.1. The molecule has 0 amide bonds. The van der Waals surface area contributed by atoms with Gasteiger partial charge < -0.3 is 10.5 Å². The average molecular weight is 277 g/mol. The minimum Gasteiger partial charge on any atom is -0.464 e. The van der Waals surface area contributed by atoms with Gasteiger partial charge >= 0.3 is 5.97 Å². The Morgan fingerprint density at radius 3 is 2.45 bits per heavy atom. The summed E-state index contributed by atoms with van der Waals surface area (Å²) >= 11 is 0. The second-order valence-electron chi connectivity index (χ2n) is 4.68. The number of anilines is 1. The summed E-state index contributed by atoms with van der Waals surface area (Å²) in [5, 5.41) is 4.20. The molecule has 0 fully saturated rings. The first-order valence-electron chi connectivity index (χ1n) is 6.18. The molecule has 0 bridgehead atoms. The van der Waals surface area contributed by atoms with E-state index in [9.17, 15) is 9.18 Å². The lowest BCUT2D eigenvalue weighted by Gasteiger charge is -2.07. The van der Waals surface area contributed by atoms with E-state index < -0.39 is 5.97 Å². The fourth-order valence-corrected chi connectivity index (χ4v) is 2.04. The zero-order chi connectivity index (χ0) is 14.9. The normalized spacial score (nSPS) is 10.8. The average Bonchev–Trinajstić information content (AvgIpc) is 2.76. The second kappa shape index (κ2) is 5.32. The number of hydrogen-bond donors (Lipinski definition) is 1. The highest BCUT2D eigenvalue weighted by Crippen LogP contribution is 2.28. The Hall–Kier alpha value is -2.37. The number of carbonyl (C=O) groups is 1. The number of aromatic nitrogens is 2. The molecule has 0 unspecified atom stereocenters. The minimum absolute atomic E-state index is 0.0123. The molecule has 1 heterocycles. The number of nitrogen functional groups attached to an aromatic ring is 1. The molecule has 2 rings (SSSR count). The first-order chi connectivity index (χ1) is 9.45. The molecule has 5 nitrogen and oxygen atoms in total. The lowest BCUT2D eigenvalue weighted by atomic mass is 10.0. The first-order valence-corrected chi connectivity index (χ1v) is 6.18. The van der Waals surface area contributed by atoms with Gasteiger partial charge in [-0.2, -0.15) is 5.10 Å². The van der Waals surface area contributed by atoms with Gasteiger partial charge in [-0.3, -0.25) is 0 Å². The predicted octanol–water partition coefficient (Wildman–Crippen LogP) is 2.50. The standard InChI is InChI=1S/C14H16FN3O2/c1-8(2)11-12(14(19)20-3)17-18(13(11)16)10-6-4-9(15)5-7-10/h4-8H,16H2,1-3H3. The van der Waals surface area contributed by atoms with Crippen LogP contribution in [0, 0.1) is 5.82 Å². The number of methoxy groups -OCH3 is 1. The van der Waals surface area contributed by atoms with Crippen LogP contribution in [0.4, 0.5) is 10.2 Å². The fourth-order valence-electron chi connectivity index (χ4n) is 2.04. The molecule has 2 N–H and O–H groups in total. The molecule has 0 aliphatic rings. The summed E-state index contributed by atoms with van der Waals surface area (Å²) in [6.45, 7) is 3.82. The van der Waals surface area contributed by atoms with E-state index in [0.29, 0.717) is 17.1 Å². The van der Waals surface area contributed by atoms with E-state index in [0.717, 1.165) is 0 Å². The third kappa shape index (κ3) is 2.36. The summed E-state index contributed by atoms with van der Waals surface area (Å²) in [6, 6.07) is 5.71. The van der Waals surface area contributed by atoms with Gasteiger partial charge in [0.25, 0.3) is 0 Å². The summed E-state index contributed by atoms with van der Waals surface area (Å²) in [6.07, 6.45) is 0.